The van der Waals surface area contributed by atoms with E-state index in [0.29, 0.717) is 0 Å². The van der Waals surface area contributed by atoms with Crippen molar-refractivity contribution in [2.45, 2.75) is 38.5 Å². The third-order valence-electron chi connectivity index (χ3n) is 14.0. The van der Waals surface area contributed by atoms with E-state index in [4.69, 9.17) is 0 Å². The summed E-state index contributed by atoms with van der Waals surface area (Å²) in [5.74, 6) is 0. The molecule has 0 unspecified atom stereocenters. The zero-order valence-electron chi connectivity index (χ0n) is 35.5. The Morgan fingerprint density at radius 1 is 0.355 bits per heavy atom. The fourth-order valence-electron chi connectivity index (χ4n) is 10.9. The van der Waals surface area contributed by atoms with Gasteiger partial charge in [-0.15, -0.1) is 0 Å². The number of anilines is 3. The molecule has 0 radical (unpaired) electrons. The summed E-state index contributed by atoms with van der Waals surface area (Å²) in [4.78, 5) is 2.53. The molecule has 0 spiro atoms. The van der Waals surface area contributed by atoms with Crippen molar-refractivity contribution in [3.63, 3.8) is 0 Å². The summed E-state index contributed by atoms with van der Waals surface area (Å²) >= 11 is 0. The molecule has 0 saturated carbocycles. The molecule has 0 saturated heterocycles. The molecule has 0 aliphatic heterocycles. The van der Waals surface area contributed by atoms with Gasteiger partial charge in [-0.1, -0.05) is 173 Å². The van der Waals surface area contributed by atoms with Crippen molar-refractivity contribution in [2.75, 3.05) is 4.90 Å². The predicted molar refractivity (Wildman–Crippen MR) is 261 cm³/mol. The minimum Gasteiger partial charge on any atom is -0.309 e. The van der Waals surface area contributed by atoms with Gasteiger partial charge in [0.1, 0.15) is 0 Å². The Hall–Kier alpha value is -7.42. The Balaban J connectivity index is 1.07. The molecule has 2 nitrogen and oxygen atoms in total. The number of rotatable bonds is 6. The molecule has 0 fully saturated rings. The third-order valence-corrected chi connectivity index (χ3v) is 14.0. The third kappa shape index (κ3) is 5.29. The maximum Gasteiger partial charge on any atom is 0.0543 e. The lowest BCUT2D eigenvalue weighted by atomic mass is 9.81. The summed E-state index contributed by atoms with van der Waals surface area (Å²) < 4.78 is 2.39. The maximum absolute atomic E-state index is 2.53. The minimum absolute atomic E-state index is 0.0796. The van der Waals surface area contributed by atoms with Crippen LogP contribution < -0.4 is 4.90 Å². The van der Waals surface area contributed by atoms with Crippen LogP contribution in [0.5, 0.6) is 0 Å². The Labute approximate surface area is 364 Å². The highest BCUT2D eigenvalue weighted by Gasteiger charge is 2.38. The molecule has 0 N–H and O–H groups in total. The molecule has 2 heteroatoms. The summed E-state index contributed by atoms with van der Waals surface area (Å²) in [7, 11) is 0. The van der Waals surface area contributed by atoms with E-state index in [2.05, 4.69) is 243 Å². The van der Waals surface area contributed by atoms with E-state index in [1.165, 1.54) is 94.3 Å². The molecule has 12 rings (SSSR count). The van der Waals surface area contributed by atoms with Gasteiger partial charge in [-0.3, -0.25) is 0 Å². The largest absolute Gasteiger partial charge is 0.309 e. The SMILES string of the molecule is CC1(C)c2ccccc2-c2ccc(-c3cccc(N(c4ccccc4-c4ccc5c(c4)c4ccccc4n5-c4ccccc4)c4cccc5c4-c4ccccc4C5(C)C)c3)cc21. The van der Waals surface area contributed by atoms with E-state index in [-0.39, 0.29) is 10.8 Å². The minimum atomic E-state index is -0.137. The van der Waals surface area contributed by atoms with E-state index in [0.717, 1.165) is 17.1 Å². The Morgan fingerprint density at radius 2 is 0.935 bits per heavy atom. The van der Waals surface area contributed by atoms with Crippen LogP contribution in [0.3, 0.4) is 0 Å². The summed E-state index contributed by atoms with van der Waals surface area (Å²) in [6.07, 6.45) is 0. The second kappa shape index (κ2) is 13.5. The van der Waals surface area contributed by atoms with Gasteiger partial charge in [0.2, 0.25) is 0 Å². The molecule has 62 heavy (non-hydrogen) atoms. The van der Waals surface area contributed by atoms with Crippen LogP contribution in [0.15, 0.2) is 206 Å². The average Bonchev–Trinajstić information content (AvgIpc) is 3.86. The first-order valence-corrected chi connectivity index (χ1v) is 21.9. The van der Waals surface area contributed by atoms with Gasteiger partial charge in [0.05, 0.1) is 22.4 Å². The van der Waals surface area contributed by atoms with E-state index in [1.807, 2.05) is 0 Å². The van der Waals surface area contributed by atoms with Crippen molar-refractivity contribution >= 4 is 38.9 Å². The first-order valence-electron chi connectivity index (χ1n) is 21.9. The molecule has 1 heterocycles. The second-order valence-electron chi connectivity index (χ2n) is 18.1. The van der Waals surface area contributed by atoms with Crippen molar-refractivity contribution in [1.82, 2.24) is 4.57 Å². The van der Waals surface area contributed by atoms with Crippen molar-refractivity contribution in [3.05, 3.63) is 229 Å². The molecule has 0 amide bonds. The van der Waals surface area contributed by atoms with E-state index < -0.39 is 0 Å². The summed E-state index contributed by atoms with van der Waals surface area (Å²) in [6.45, 7) is 9.47. The van der Waals surface area contributed by atoms with Crippen LogP contribution in [0.2, 0.25) is 0 Å². The second-order valence-corrected chi connectivity index (χ2v) is 18.1. The zero-order chi connectivity index (χ0) is 41.7. The van der Waals surface area contributed by atoms with Gasteiger partial charge >= 0.3 is 0 Å². The van der Waals surface area contributed by atoms with Crippen LogP contribution in [-0.2, 0) is 10.8 Å². The lowest BCUT2D eigenvalue weighted by Gasteiger charge is -2.31. The summed E-state index contributed by atoms with van der Waals surface area (Å²) in [5.41, 5.74) is 22.3. The van der Waals surface area contributed by atoms with Crippen LogP contribution in [0.4, 0.5) is 17.1 Å². The van der Waals surface area contributed by atoms with Crippen molar-refractivity contribution < 1.29 is 0 Å². The van der Waals surface area contributed by atoms with Gasteiger partial charge in [0.15, 0.2) is 0 Å². The van der Waals surface area contributed by atoms with Crippen molar-refractivity contribution in [1.29, 1.82) is 0 Å². The van der Waals surface area contributed by atoms with Crippen LogP contribution in [0.25, 0.3) is 72.0 Å². The fraction of sp³-hybridized carbons (Fsp3) is 0.100. The summed E-state index contributed by atoms with van der Waals surface area (Å²) in [5, 5.41) is 2.49. The van der Waals surface area contributed by atoms with Gasteiger partial charge < -0.3 is 9.47 Å². The van der Waals surface area contributed by atoms with Crippen molar-refractivity contribution in [3.8, 4) is 50.2 Å². The van der Waals surface area contributed by atoms with Crippen LogP contribution in [0, 0.1) is 0 Å². The first kappa shape index (κ1) is 36.4. The smallest absolute Gasteiger partial charge is 0.0543 e. The van der Waals surface area contributed by atoms with Gasteiger partial charge in [0.25, 0.3) is 0 Å². The molecule has 1 aromatic heterocycles. The molecular formula is C60H46N2. The number of benzene rings is 9. The number of fused-ring (bicyclic) bond motifs is 9. The van der Waals surface area contributed by atoms with E-state index in [1.54, 1.807) is 0 Å². The Morgan fingerprint density at radius 3 is 1.77 bits per heavy atom. The first-order chi connectivity index (χ1) is 30.3. The molecular weight excluding hydrogens is 749 g/mol. The zero-order valence-corrected chi connectivity index (χ0v) is 35.5. The van der Waals surface area contributed by atoms with Gasteiger partial charge in [-0.2, -0.15) is 0 Å². The highest BCUT2D eigenvalue weighted by atomic mass is 15.1. The maximum atomic E-state index is 2.53. The van der Waals surface area contributed by atoms with Crippen molar-refractivity contribution in [2.24, 2.45) is 0 Å². The molecule has 10 aromatic rings. The molecule has 9 aromatic carbocycles. The monoisotopic (exact) mass is 794 g/mol. The van der Waals surface area contributed by atoms with E-state index in [9.17, 15) is 0 Å². The van der Waals surface area contributed by atoms with Crippen LogP contribution in [0.1, 0.15) is 49.9 Å². The lowest BCUT2D eigenvalue weighted by Crippen LogP contribution is -2.16. The molecule has 2 aliphatic rings. The quantitative estimate of drug-likeness (QED) is 0.163. The van der Waals surface area contributed by atoms with Crippen LogP contribution in [-0.4, -0.2) is 4.57 Å². The molecule has 0 bridgehead atoms. The van der Waals surface area contributed by atoms with E-state index >= 15 is 0 Å². The molecule has 0 atom stereocenters. The molecule has 2 aliphatic carbocycles. The Bertz CT molecular complexity index is 3420. The summed E-state index contributed by atoms with van der Waals surface area (Å²) in [6, 6.07) is 76.6. The number of nitrogens with zero attached hydrogens (tertiary/aromatic N) is 2. The topological polar surface area (TPSA) is 8.17 Å². The highest BCUT2D eigenvalue weighted by Crippen LogP contribution is 2.55. The van der Waals surface area contributed by atoms with Gasteiger partial charge in [0, 0.05) is 44.1 Å². The average molecular weight is 795 g/mol. The number of aromatic nitrogens is 1. The highest BCUT2D eigenvalue weighted by molar-refractivity contribution is 6.11. The number of hydrogen-bond acceptors (Lipinski definition) is 1. The van der Waals surface area contributed by atoms with Crippen LogP contribution >= 0.6 is 0 Å². The lowest BCUT2D eigenvalue weighted by molar-refractivity contribution is 0.660. The number of para-hydroxylation sites is 3. The fourth-order valence-corrected chi connectivity index (χ4v) is 10.9. The normalized spacial score (nSPS) is 14.1. The van der Waals surface area contributed by atoms with Gasteiger partial charge in [-0.25, -0.2) is 0 Å². The Kier molecular flexibility index (Phi) is 7.96. The standard InChI is InChI=1S/C60H46N2/c1-59(2)51-27-13-9-25-48(51)58-52(59)28-17-31-57(58)62(43-21-16-18-39(36-43)40-32-34-46-45-23-8-12-26-50(45)60(3,4)53(46)38-40)54-29-14-10-22-44(54)41-33-35-56-49(37-41)47-24-11-15-30-55(47)61(56)42-19-6-5-7-20-42/h5-38H,1-4H3. The number of hydrogen-bond donors (Lipinski definition) is 0. The molecule has 296 valence electrons. The predicted octanol–water partition coefficient (Wildman–Crippen LogP) is 16.2. The van der Waals surface area contributed by atoms with Gasteiger partial charge in [-0.05, 0) is 116 Å².